The van der Waals surface area contributed by atoms with Crippen molar-refractivity contribution in [3.05, 3.63) is 23.8 Å². The Labute approximate surface area is 153 Å². The first kappa shape index (κ1) is 19.8. The van der Waals surface area contributed by atoms with Gasteiger partial charge in [-0.1, -0.05) is 6.07 Å². The second-order valence-corrected chi connectivity index (χ2v) is 6.81. The van der Waals surface area contributed by atoms with Crippen LogP contribution in [-0.4, -0.2) is 48.5 Å². The van der Waals surface area contributed by atoms with Gasteiger partial charge in [0.05, 0.1) is 18.7 Å². The van der Waals surface area contributed by atoms with Gasteiger partial charge in [-0.25, -0.2) is 0 Å². The number of benzene rings is 1. The van der Waals surface area contributed by atoms with Gasteiger partial charge in [-0.2, -0.15) is 0 Å². The van der Waals surface area contributed by atoms with E-state index >= 15 is 0 Å². The van der Waals surface area contributed by atoms with E-state index in [0.717, 1.165) is 5.56 Å². The highest BCUT2D eigenvalue weighted by Gasteiger charge is 2.37. The van der Waals surface area contributed by atoms with Gasteiger partial charge in [0, 0.05) is 19.0 Å². The maximum atomic E-state index is 12.4. The lowest BCUT2D eigenvalue weighted by atomic mass is 10.1. The maximum absolute atomic E-state index is 12.4. The average Bonchev–Trinajstić information content (AvgIpc) is 2.97. The van der Waals surface area contributed by atoms with Crippen molar-refractivity contribution in [2.75, 3.05) is 19.0 Å². The molecule has 1 aliphatic rings. The number of amides is 2. The van der Waals surface area contributed by atoms with E-state index in [1.54, 1.807) is 17.0 Å². The van der Waals surface area contributed by atoms with Gasteiger partial charge in [0.2, 0.25) is 5.91 Å². The molecule has 1 aromatic carbocycles. The van der Waals surface area contributed by atoms with Crippen molar-refractivity contribution in [2.24, 2.45) is 5.92 Å². The molecule has 0 aromatic heterocycles. The monoisotopic (exact) mass is 362 g/mol. The summed E-state index contributed by atoms with van der Waals surface area (Å²) in [6.07, 6.45) is -0.854. The molecule has 26 heavy (non-hydrogen) atoms. The number of ether oxygens (including phenoxy) is 2. The number of likely N-dealkylation sites (tertiary alicyclic amines) is 1. The topological polar surface area (TPSA) is 84.9 Å². The SMILES string of the molecule is COc1ccc(C)cc1NC(=O)C(C)OC(=O)C1CC(=O)N(C(C)C)C1. The van der Waals surface area contributed by atoms with E-state index < -0.39 is 23.9 Å². The second-order valence-electron chi connectivity index (χ2n) is 6.81. The molecule has 1 N–H and O–H groups in total. The molecule has 0 aliphatic carbocycles. The standard InChI is InChI=1S/C19H26N2O5/c1-11(2)21-10-14(9-17(21)22)19(24)26-13(4)18(23)20-15-8-12(3)6-7-16(15)25-5/h6-8,11,13-14H,9-10H2,1-5H3,(H,20,23). The van der Waals surface area contributed by atoms with E-state index in [-0.39, 0.29) is 18.4 Å². The van der Waals surface area contributed by atoms with Crippen molar-refractivity contribution in [3.8, 4) is 5.75 Å². The minimum Gasteiger partial charge on any atom is -0.495 e. The van der Waals surface area contributed by atoms with E-state index in [2.05, 4.69) is 5.32 Å². The molecule has 1 heterocycles. The number of esters is 1. The third-order valence-electron chi connectivity index (χ3n) is 4.39. The zero-order chi connectivity index (χ0) is 19.4. The summed E-state index contributed by atoms with van der Waals surface area (Å²) >= 11 is 0. The van der Waals surface area contributed by atoms with Crippen molar-refractivity contribution in [2.45, 2.75) is 46.3 Å². The number of methoxy groups -OCH3 is 1. The molecule has 2 unspecified atom stereocenters. The molecule has 2 rings (SSSR count). The first-order valence-electron chi connectivity index (χ1n) is 8.68. The van der Waals surface area contributed by atoms with Crippen LogP contribution in [0.2, 0.25) is 0 Å². The normalized spacial score (nSPS) is 18.0. The van der Waals surface area contributed by atoms with E-state index in [4.69, 9.17) is 9.47 Å². The number of rotatable bonds is 6. The summed E-state index contributed by atoms with van der Waals surface area (Å²) in [5.41, 5.74) is 1.48. The third kappa shape index (κ3) is 4.53. The molecule has 1 aliphatic heterocycles. The van der Waals surface area contributed by atoms with Crippen LogP contribution >= 0.6 is 0 Å². The predicted molar refractivity (Wildman–Crippen MR) is 96.9 cm³/mol. The molecule has 7 heteroatoms. The highest BCUT2D eigenvalue weighted by molar-refractivity contribution is 5.97. The fourth-order valence-electron chi connectivity index (χ4n) is 2.87. The summed E-state index contributed by atoms with van der Waals surface area (Å²) < 4.78 is 10.5. The average molecular weight is 362 g/mol. The summed E-state index contributed by atoms with van der Waals surface area (Å²) in [6, 6.07) is 5.44. The number of nitrogens with zero attached hydrogens (tertiary/aromatic N) is 1. The third-order valence-corrected chi connectivity index (χ3v) is 4.39. The number of carbonyl (C=O) groups is 3. The molecule has 0 radical (unpaired) electrons. The Hall–Kier alpha value is -2.57. The quantitative estimate of drug-likeness (QED) is 0.784. The van der Waals surface area contributed by atoms with Gasteiger partial charge in [-0.05, 0) is 45.4 Å². The van der Waals surface area contributed by atoms with Crippen LogP contribution < -0.4 is 10.1 Å². The minimum atomic E-state index is -0.976. The lowest BCUT2D eigenvalue weighted by Gasteiger charge is -2.21. The number of anilines is 1. The number of nitrogens with one attached hydrogen (secondary N) is 1. The summed E-state index contributed by atoms with van der Waals surface area (Å²) in [5.74, 6) is -1.05. The Kier molecular flexibility index (Phi) is 6.23. The molecule has 1 saturated heterocycles. The molecule has 0 spiro atoms. The lowest BCUT2D eigenvalue weighted by molar-refractivity contribution is -0.157. The van der Waals surface area contributed by atoms with Crippen molar-refractivity contribution in [1.29, 1.82) is 0 Å². The maximum Gasteiger partial charge on any atom is 0.312 e. The highest BCUT2D eigenvalue weighted by atomic mass is 16.5. The molecule has 142 valence electrons. The van der Waals surface area contributed by atoms with Crippen LogP contribution in [0.5, 0.6) is 5.75 Å². The molecule has 7 nitrogen and oxygen atoms in total. The smallest absolute Gasteiger partial charge is 0.312 e. The van der Waals surface area contributed by atoms with Gasteiger partial charge in [0.25, 0.3) is 5.91 Å². The van der Waals surface area contributed by atoms with Crippen molar-refractivity contribution >= 4 is 23.5 Å². The van der Waals surface area contributed by atoms with Crippen molar-refractivity contribution in [3.63, 3.8) is 0 Å². The fraction of sp³-hybridized carbons (Fsp3) is 0.526. The first-order valence-corrected chi connectivity index (χ1v) is 8.68. The Morgan fingerprint density at radius 1 is 1.27 bits per heavy atom. The molecule has 0 saturated carbocycles. The van der Waals surface area contributed by atoms with Gasteiger partial charge in [0.1, 0.15) is 5.75 Å². The molecular weight excluding hydrogens is 336 g/mol. The van der Waals surface area contributed by atoms with Gasteiger partial charge >= 0.3 is 5.97 Å². The number of hydrogen-bond acceptors (Lipinski definition) is 5. The number of hydrogen-bond donors (Lipinski definition) is 1. The largest absolute Gasteiger partial charge is 0.495 e. The molecule has 2 amide bonds. The zero-order valence-electron chi connectivity index (χ0n) is 15.9. The summed E-state index contributed by atoms with van der Waals surface area (Å²) in [5, 5.41) is 2.72. The number of aryl methyl sites for hydroxylation is 1. The van der Waals surface area contributed by atoms with E-state index in [0.29, 0.717) is 18.0 Å². The summed E-state index contributed by atoms with van der Waals surface area (Å²) in [4.78, 5) is 38.2. The number of carbonyl (C=O) groups excluding carboxylic acids is 3. The molecule has 0 bridgehead atoms. The van der Waals surface area contributed by atoms with E-state index in [9.17, 15) is 14.4 Å². The Morgan fingerprint density at radius 2 is 1.96 bits per heavy atom. The van der Waals surface area contributed by atoms with Gasteiger partial charge in [0.15, 0.2) is 6.10 Å². The van der Waals surface area contributed by atoms with Crippen LogP contribution in [0, 0.1) is 12.8 Å². The van der Waals surface area contributed by atoms with Crippen LogP contribution in [0.1, 0.15) is 32.8 Å². The molecule has 1 aromatic rings. The van der Waals surface area contributed by atoms with Crippen LogP contribution in [0.3, 0.4) is 0 Å². The fourth-order valence-corrected chi connectivity index (χ4v) is 2.87. The first-order chi connectivity index (χ1) is 12.2. The lowest BCUT2D eigenvalue weighted by Crippen LogP contribution is -2.35. The van der Waals surface area contributed by atoms with Crippen LogP contribution in [0.4, 0.5) is 5.69 Å². The predicted octanol–water partition coefficient (Wildman–Crippen LogP) is 2.13. The Bertz CT molecular complexity index is 701. The molecule has 2 atom stereocenters. The van der Waals surface area contributed by atoms with Crippen LogP contribution in [0.15, 0.2) is 18.2 Å². The van der Waals surface area contributed by atoms with Crippen LogP contribution in [-0.2, 0) is 19.1 Å². The van der Waals surface area contributed by atoms with Gasteiger partial charge in [-0.3, -0.25) is 14.4 Å². The van der Waals surface area contributed by atoms with Gasteiger partial charge in [-0.15, -0.1) is 0 Å². The van der Waals surface area contributed by atoms with Crippen molar-refractivity contribution in [1.82, 2.24) is 4.90 Å². The molecule has 1 fully saturated rings. The van der Waals surface area contributed by atoms with Crippen molar-refractivity contribution < 1.29 is 23.9 Å². The van der Waals surface area contributed by atoms with E-state index in [1.165, 1.54) is 14.0 Å². The van der Waals surface area contributed by atoms with Gasteiger partial charge < -0.3 is 19.7 Å². The summed E-state index contributed by atoms with van der Waals surface area (Å²) in [6.45, 7) is 7.53. The highest BCUT2D eigenvalue weighted by Crippen LogP contribution is 2.26. The minimum absolute atomic E-state index is 0.0369. The summed E-state index contributed by atoms with van der Waals surface area (Å²) in [7, 11) is 1.52. The van der Waals surface area contributed by atoms with Crippen LogP contribution in [0.25, 0.3) is 0 Å². The van der Waals surface area contributed by atoms with E-state index in [1.807, 2.05) is 26.8 Å². The zero-order valence-corrected chi connectivity index (χ0v) is 15.9. The second kappa shape index (κ2) is 8.21. The Morgan fingerprint density at radius 3 is 2.54 bits per heavy atom. The molecular formula is C19H26N2O5. The Balaban J connectivity index is 1.96.